The quantitative estimate of drug-likeness (QED) is 0.0278. The molecule has 2 amide bonds. The Bertz CT molecular complexity index is 1820. The molecule has 18 unspecified atom stereocenters. The standard InChI is InChI=1S/C64H118N2O21/c1-4-6-8-10-12-14-16-18-19-20-21-22-23-24-25-26-28-30-32-34-36-38-51(74)66-45(46(71)37-35-33-31-29-27-17-15-13-11-9-7-5-2)43-82-61-56(78)55(77)58(50(42-69)84-61)85-62-57(79)60(54(76)49(41-68)83-62)87-64(63(80)81)39-47(72)52(65-44(3)70)59(86-64)53(75)48(73)40-67/h35,37,45-50,52-62,67-69,71-73,75-79H,4-34,36,38-43H2,1-3H3,(H,65,70)(H,66,74)(H,80,81)/b37-35+. The van der Waals surface area contributed by atoms with E-state index in [0.717, 1.165) is 51.9 Å². The smallest absolute Gasteiger partial charge is 0.364 e. The third-order valence-corrected chi connectivity index (χ3v) is 17.2. The normalized spacial score (nSPS) is 29.2. The number of amides is 2. The third kappa shape index (κ3) is 28.9. The Hall–Kier alpha value is -2.53. The molecule has 0 radical (unpaired) electrons. The van der Waals surface area contributed by atoms with Crippen molar-refractivity contribution >= 4 is 17.8 Å². The Balaban J connectivity index is 1.59. The van der Waals surface area contributed by atoms with Crippen LogP contribution in [0.3, 0.4) is 0 Å². The molecule has 3 aliphatic rings. The number of ether oxygens (including phenoxy) is 6. The van der Waals surface area contributed by atoms with Crippen LogP contribution in [0.5, 0.6) is 0 Å². The largest absolute Gasteiger partial charge is 0.477 e. The minimum atomic E-state index is -3.08. The highest BCUT2D eigenvalue weighted by molar-refractivity contribution is 5.77. The topological polar surface area (TPSA) is 373 Å². The van der Waals surface area contributed by atoms with E-state index in [0.29, 0.717) is 12.8 Å². The van der Waals surface area contributed by atoms with Gasteiger partial charge in [0, 0.05) is 19.8 Å². The van der Waals surface area contributed by atoms with Crippen molar-refractivity contribution in [3.8, 4) is 0 Å². The van der Waals surface area contributed by atoms with E-state index in [-0.39, 0.29) is 12.3 Å². The maximum Gasteiger partial charge on any atom is 0.364 e. The second kappa shape index (κ2) is 45.7. The molecular weight excluding hydrogens is 1130 g/mol. The molecule has 0 spiro atoms. The number of aliphatic carboxylic acids is 1. The number of hydrogen-bond acceptors (Lipinski definition) is 20. The van der Waals surface area contributed by atoms with E-state index in [2.05, 4.69) is 24.5 Å². The monoisotopic (exact) mass is 1250 g/mol. The number of hydrogen-bond donors (Lipinski definition) is 14. The Kier molecular flexibility index (Phi) is 41.3. The van der Waals surface area contributed by atoms with Gasteiger partial charge in [0.05, 0.1) is 50.7 Å². The fourth-order valence-electron chi connectivity index (χ4n) is 11.8. The summed E-state index contributed by atoms with van der Waals surface area (Å²) in [5.74, 6) is -6.14. The molecule has 3 heterocycles. The van der Waals surface area contributed by atoms with Crippen molar-refractivity contribution < 1.29 is 104 Å². The van der Waals surface area contributed by atoms with E-state index in [1.54, 1.807) is 6.08 Å². The Morgan fingerprint density at radius 1 is 0.598 bits per heavy atom. The van der Waals surface area contributed by atoms with Crippen molar-refractivity contribution in [2.75, 3.05) is 26.4 Å². The van der Waals surface area contributed by atoms with Crippen LogP contribution in [-0.2, 0) is 42.8 Å². The van der Waals surface area contributed by atoms with Crippen LogP contribution in [0.2, 0.25) is 0 Å². The summed E-state index contributed by atoms with van der Waals surface area (Å²) in [6.45, 7) is 2.12. The van der Waals surface area contributed by atoms with E-state index >= 15 is 0 Å². The van der Waals surface area contributed by atoms with Crippen molar-refractivity contribution in [3.05, 3.63) is 12.2 Å². The molecule has 0 aromatic carbocycles. The average molecular weight is 1250 g/mol. The Labute approximate surface area is 518 Å². The van der Waals surface area contributed by atoms with E-state index in [9.17, 15) is 75.7 Å². The zero-order chi connectivity index (χ0) is 64.0. The van der Waals surface area contributed by atoms with E-state index in [1.165, 1.54) is 148 Å². The number of unbranched alkanes of at least 4 members (excludes halogenated alkanes) is 30. The molecule has 18 atom stereocenters. The van der Waals surface area contributed by atoms with Gasteiger partial charge in [-0.25, -0.2) is 4.79 Å². The summed E-state index contributed by atoms with van der Waals surface area (Å²) in [5, 5.41) is 136. The second-order valence-corrected chi connectivity index (χ2v) is 24.7. The van der Waals surface area contributed by atoms with Crippen LogP contribution in [0.25, 0.3) is 0 Å². The first-order chi connectivity index (χ1) is 41.9. The second-order valence-electron chi connectivity index (χ2n) is 24.7. The van der Waals surface area contributed by atoms with Gasteiger partial charge in [0.1, 0.15) is 67.1 Å². The van der Waals surface area contributed by atoms with Gasteiger partial charge in [0.15, 0.2) is 12.6 Å². The van der Waals surface area contributed by atoms with Crippen LogP contribution in [0, 0.1) is 0 Å². The molecule has 0 aromatic rings. The molecule has 0 aromatic heterocycles. The molecule has 0 aliphatic carbocycles. The number of nitrogens with one attached hydrogen (secondary N) is 2. The zero-order valence-corrected chi connectivity index (χ0v) is 52.9. The van der Waals surface area contributed by atoms with Crippen LogP contribution in [-0.4, -0.2) is 215 Å². The molecule has 23 nitrogen and oxygen atoms in total. The van der Waals surface area contributed by atoms with Gasteiger partial charge in [-0.15, -0.1) is 0 Å². The minimum absolute atomic E-state index is 0.205. The predicted molar refractivity (Wildman–Crippen MR) is 325 cm³/mol. The van der Waals surface area contributed by atoms with Gasteiger partial charge in [-0.05, 0) is 19.3 Å². The maximum absolute atomic E-state index is 13.4. The molecule has 87 heavy (non-hydrogen) atoms. The van der Waals surface area contributed by atoms with E-state index in [4.69, 9.17) is 28.4 Å². The van der Waals surface area contributed by atoms with Gasteiger partial charge < -0.3 is 100 Å². The maximum atomic E-state index is 13.4. The lowest BCUT2D eigenvalue weighted by atomic mass is 9.88. The first-order valence-electron chi connectivity index (χ1n) is 33.6. The van der Waals surface area contributed by atoms with Crippen LogP contribution in [0.1, 0.15) is 239 Å². The Morgan fingerprint density at radius 2 is 1.07 bits per heavy atom. The molecule has 14 N–H and O–H groups in total. The lowest BCUT2D eigenvalue weighted by molar-refractivity contribution is -0.386. The molecule has 3 aliphatic heterocycles. The lowest BCUT2D eigenvalue weighted by Gasteiger charge is -2.50. The summed E-state index contributed by atoms with van der Waals surface area (Å²) in [5.41, 5.74) is 0. The molecule has 0 saturated carbocycles. The molecule has 0 bridgehead atoms. The molecule has 510 valence electrons. The van der Waals surface area contributed by atoms with Crippen molar-refractivity contribution in [2.45, 2.75) is 349 Å². The van der Waals surface area contributed by atoms with Crippen molar-refractivity contribution in [3.63, 3.8) is 0 Å². The van der Waals surface area contributed by atoms with Gasteiger partial charge in [-0.3, -0.25) is 9.59 Å². The summed E-state index contributed by atoms with van der Waals surface area (Å²) in [4.78, 5) is 38.5. The number of carboxylic acid groups (broad SMARTS) is 1. The highest BCUT2D eigenvalue weighted by Crippen LogP contribution is 2.39. The van der Waals surface area contributed by atoms with Crippen molar-refractivity contribution in [1.29, 1.82) is 0 Å². The number of carboxylic acids is 1. The fourth-order valence-corrected chi connectivity index (χ4v) is 11.8. The van der Waals surface area contributed by atoms with Crippen LogP contribution >= 0.6 is 0 Å². The number of aliphatic hydroxyl groups is 11. The van der Waals surface area contributed by atoms with Gasteiger partial charge in [0.2, 0.25) is 11.8 Å². The number of allylic oxidation sites excluding steroid dienone is 1. The van der Waals surface area contributed by atoms with Crippen LogP contribution in [0.15, 0.2) is 12.2 Å². The molecule has 3 fully saturated rings. The summed E-state index contributed by atoms with van der Waals surface area (Å²) in [6.07, 6.45) is 12.7. The molecule has 23 heteroatoms. The van der Waals surface area contributed by atoms with Crippen LogP contribution < -0.4 is 10.6 Å². The van der Waals surface area contributed by atoms with Gasteiger partial charge in [0.25, 0.3) is 5.79 Å². The van der Waals surface area contributed by atoms with Gasteiger partial charge in [-0.2, -0.15) is 0 Å². The summed E-state index contributed by atoms with van der Waals surface area (Å²) >= 11 is 0. The van der Waals surface area contributed by atoms with Crippen molar-refractivity contribution in [2.24, 2.45) is 0 Å². The number of rotatable bonds is 50. The highest BCUT2D eigenvalue weighted by Gasteiger charge is 2.60. The third-order valence-electron chi connectivity index (χ3n) is 17.2. The van der Waals surface area contributed by atoms with Gasteiger partial charge in [-0.1, -0.05) is 212 Å². The SMILES string of the molecule is CCCCCCCCCCCC/C=C/C(O)C(COC1OC(CO)C(OC2OC(CO)C(O)C(OC3(C(=O)O)CC(O)C(NC(C)=O)C(C(O)C(O)CO)O3)C2O)C(O)C1O)NC(=O)CCCCCCCCCCCCCCCCCCCCCCC. The van der Waals surface area contributed by atoms with Crippen LogP contribution in [0.4, 0.5) is 0 Å². The number of aliphatic hydroxyl groups excluding tert-OH is 11. The summed E-state index contributed by atoms with van der Waals surface area (Å²) in [6, 6.07) is -2.61. The van der Waals surface area contributed by atoms with E-state index < -0.39 is 155 Å². The average Bonchev–Trinajstić information content (AvgIpc) is 1.75. The summed E-state index contributed by atoms with van der Waals surface area (Å²) < 4.78 is 34.7. The molecule has 3 rings (SSSR count). The zero-order valence-electron chi connectivity index (χ0n) is 52.9. The summed E-state index contributed by atoms with van der Waals surface area (Å²) in [7, 11) is 0. The lowest BCUT2D eigenvalue weighted by Crippen LogP contribution is -2.70. The predicted octanol–water partition coefficient (Wildman–Crippen LogP) is 5.12. The first kappa shape index (κ1) is 78.7. The van der Waals surface area contributed by atoms with Gasteiger partial charge >= 0.3 is 5.97 Å². The Morgan fingerprint density at radius 3 is 1.53 bits per heavy atom. The number of carbonyl (C=O) groups is 3. The van der Waals surface area contributed by atoms with E-state index in [1.807, 2.05) is 6.08 Å². The first-order valence-corrected chi connectivity index (χ1v) is 33.6. The molecular formula is C64H118N2O21. The highest BCUT2D eigenvalue weighted by atomic mass is 16.8. The van der Waals surface area contributed by atoms with Crippen molar-refractivity contribution in [1.82, 2.24) is 10.6 Å². The fraction of sp³-hybridized carbons (Fsp3) is 0.922. The number of carbonyl (C=O) groups excluding carboxylic acids is 2. The minimum Gasteiger partial charge on any atom is -0.477 e. The molecule has 3 saturated heterocycles.